The summed E-state index contributed by atoms with van der Waals surface area (Å²) in [6.45, 7) is 33.2. The normalized spacial score (nSPS) is 17.4. The van der Waals surface area contributed by atoms with Gasteiger partial charge in [-0.15, -0.1) is 6.58 Å². The summed E-state index contributed by atoms with van der Waals surface area (Å²) < 4.78 is 19.3. The van der Waals surface area contributed by atoms with Gasteiger partial charge in [-0.2, -0.15) is 0 Å². The fraction of sp³-hybridized carbons (Fsp3) is 0.885. The van der Waals surface area contributed by atoms with Crippen LogP contribution in [0.2, 0.25) is 34.8 Å². The van der Waals surface area contributed by atoms with Crippen LogP contribution in [-0.2, 0) is 18.4 Å². The molecule has 0 unspecified atom stereocenters. The number of methoxy groups -OCH3 is 1. The molecule has 4 atom stereocenters. The number of esters is 1. The van der Waals surface area contributed by atoms with Crippen molar-refractivity contribution >= 4 is 22.6 Å². The third-order valence-electron chi connectivity index (χ3n) is 7.87. The van der Waals surface area contributed by atoms with E-state index in [1.54, 1.807) is 0 Å². The van der Waals surface area contributed by atoms with Crippen molar-refractivity contribution in [2.75, 3.05) is 7.11 Å². The topological polar surface area (TPSA) is 44.8 Å². The van der Waals surface area contributed by atoms with Crippen LogP contribution in [0.4, 0.5) is 0 Å². The highest BCUT2D eigenvalue weighted by Crippen LogP contribution is 2.46. The Labute approximate surface area is 202 Å². The van der Waals surface area contributed by atoms with Gasteiger partial charge in [0.2, 0.25) is 8.32 Å². The van der Waals surface area contributed by atoms with E-state index in [4.69, 9.17) is 13.6 Å². The van der Waals surface area contributed by atoms with E-state index in [1.165, 1.54) is 7.11 Å². The monoisotopic (exact) mass is 486 g/mol. The molecule has 0 heterocycles. The molecule has 32 heavy (non-hydrogen) atoms. The summed E-state index contributed by atoms with van der Waals surface area (Å²) in [7, 11) is -2.77. The highest BCUT2D eigenvalue weighted by molar-refractivity contribution is 6.77. The quantitative estimate of drug-likeness (QED) is 0.150. The van der Waals surface area contributed by atoms with Crippen molar-refractivity contribution in [3.8, 4) is 0 Å². The Morgan fingerprint density at radius 1 is 0.906 bits per heavy atom. The van der Waals surface area contributed by atoms with E-state index in [9.17, 15) is 4.79 Å². The summed E-state index contributed by atoms with van der Waals surface area (Å²) in [5.74, 6) is -0.557. The van der Waals surface area contributed by atoms with Crippen molar-refractivity contribution in [2.45, 2.75) is 130 Å². The van der Waals surface area contributed by atoms with Crippen LogP contribution in [-0.4, -0.2) is 41.9 Å². The highest BCUT2D eigenvalue weighted by Gasteiger charge is 2.50. The fourth-order valence-corrected chi connectivity index (χ4v) is 12.1. The van der Waals surface area contributed by atoms with Crippen molar-refractivity contribution in [1.29, 1.82) is 0 Å². The van der Waals surface area contributed by atoms with E-state index in [2.05, 4.69) is 88.9 Å². The average molecular weight is 487 g/mol. The van der Waals surface area contributed by atoms with E-state index >= 15 is 0 Å². The van der Waals surface area contributed by atoms with Crippen molar-refractivity contribution in [3.05, 3.63) is 12.7 Å². The Morgan fingerprint density at radius 2 is 1.34 bits per heavy atom. The minimum Gasteiger partial charge on any atom is -0.469 e. The smallest absolute Gasteiger partial charge is 0.310 e. The Morgan fingerprint density at radius 3 is 1.66 bits per heavy atom. The van der Waals surface area contributed by atoms with Gasteiger partial charge in [-0.1, -0.05) is 75.3 Å². The molecular weight excluding hydrogens is 432 g/mol. The number of carbonyl (C=O) groups is 1. The second kappa shape index (κ2) is 12.3. The zero-order valence-electron chi connectivity index (χ0n) is 23.7. The van der Waals surface area contributed by atoms with Gasteiger partial charge in [0.15, 0.2) is 8.32 Å². The summed E-state index contributed by atoms with van der Waals surface area (Å²) >= 11 is 0. The van der Waals surface area contributed by atoms with Crippen LogP contribution < -0.4 is 0 Å². The Kier molecular flexibility index (Phi) is 12.2. The molecule has 0 bridgehead atoms. The van der Waals surface area contributed by atoms with Crippen LogP contribution in [0.25, 0.3) is 0 Å². The van der Waals surface area contributed by atoms with Crippen LogP contribution in [0.3, 0.4) is 0 Å². The van der Waals surface area contributed by atoms with Crippen LogP contribution in [0.15, 0.2) is 12.7 Å². The standard InChI is InChI=1S/C26H54O4Si2/c1-16-17-23(29-31(14,15)26(10,11)12)21(8)24(22(9)25(27)28-13)30-32(18(2)3,19(4)5)20(6)7/h16,18-24H,1,17H2,2-15H3/t21-,22+,23-,24-/m0/s1. The van der Waals surface area contributed by atoms with E-state index in [0.29, 0.717) is 16.6 Å². The number of hydrogen-bond donors (Lipinski definition) is 0. The molecular formula is C26H54O4Si2. The first-order valence-electron chi connectivity index (χ1n) is 12.4. The molecule has 0 aliphatic rings. The van der Waals surface area contributed by atoms with E-state index in [1.807, 2.05) is 13.0 Å². The van der Waals surface area contributed by atoms with E-state index in [0.717, 1.165) is 6.42 Å². The molecule has 0 radical (unpaired) electrons. The van der Waals surface area contributed by atoms with Crippen molar-refractivity contribution < 1.29 is 18.4 Å². The van der Waals surface area contributed by atoms with Crippen molar-refractivity contribution in [2.24, 2.45) is 11.8 Å². The number of ether oxygens (including phenoxy) is 1. The molecule has 0 fully saturated rings. The maximum absolute atomic E-state index is 12.7. The zero-order valence-corrected chi connectivity index (χ0v) is 25.7. The van der Waals surface area contributed by atoms with Gasteiger partial charge < -0.3 is 13.6 Å². The fourth-order valence-electron chi connectivity index (χ4n) is 4.93. The molecule has 6 heteroatoms. The van der Waals surface area contributed by atoms with Crippen LogP contribution in [0, 0.1) is 11.8 Å². The molecule has 0 rings (SSSR count). The molecule has 0 aromatic rings. The lowest BCUT2D eigenvalue weighted by Gasteiger charge is -2.48. The molecule has 4 nitrogen and oxygen atoms in total. The van der Waals surface area contributed by atoms with Crippen LogP contribution in [0.5, 0.6) is 0 Å². The van der Waals surface area contributed by atoms with Gasteiger partial charge in [0, 0.05) is 5.92 Å². The largest absolute Gasteiger partial charge is 0.469 e. The van der Waals surface area contributed by atoms with Gasteiger partial charge in [-0.05, 0) is 48.1 Å². The van der Waals surface area contributed by atoms with Crippen LogP contribution in [0.1, 0.15) is 82.6 Å². The first-order chi connectivity index (χ1) is 14.4. The molecule has 0 saturated carbocycles. The maximum Gasteiger partial charge on any atom is 0.310 e. The number of hydrogen-bond acceptors (Lipinski definition) is 4. The Hall–Kier alpha value is -0.436. The van der Waals surface area contributed by atoms with Gasteiger partial charge in [-0.25, -0.2) is 0 Å². The third kappa shape index (κ3) is 7.28. The van der Waals surface area contributed by atoms with Gasteiger partial charge in [0.25, 0.3) is 0 Å². The lowest BCUT2D eigenvalue weighted by Crippen LogP contribution is -2.55. The van der Waals surface area contributed by atoms with Gasteiger partial charge in [-0.3, -0.25) is 4.79 Å². The van der Waals surface area contributed by atoms with Gasteiger partial charge in [0.05, 0.1) is 25.2 Å². The van der Waals surface area contributed by atoms with Crippen molar-refractivity contribution in [3.63, 3.8) is 0 Å². The zero-order chi connectivity index (χ0) is 25.7. The summed E-state index contributed by atoms with van der Waals surface area (Å²) in [4.78, 5) is 12.7. The average Bonchev–Trinajstić information content (AvgIpc) is 2.64. The highest BCUT2D eigenvalue weighted by atomic mass is 28.4. The minimum atomic E-state index is -2.22. The first-order valence-corrected chi connectivity index (χ1v) is 17.5. The van der Waals surface area contributed by atoms with E-state index < -0.39 is 16.6 Å². The summed E-state index contributed by atoms with van der Waals surface area (Å²) in [6, 6.07) is 0. The molecule has 0 aliphatic heterocycles. The SMILES string of the molecule is C=CC[C@H](O[Si](C)(C)C(C)(C)C)[C@H](C)[C@H](O[Si](C(C)C)(C(C)C)C(C)C)[C@@H](C)C(=O)OC. The Balaban J connectivity index is 6.45. The predicted octanol–water partition coefficient (Wildman–Crippen LogP) is 7.96. The molecule has 0 spiro atoms. The second-order valence-corrected chi connectivity index (χ2v) is 22.2. The lowest BCUT2D eigenvalue weighted by molar-refractivity contribution is -0.150. The molecule has 0 aromatic heterocycles. The molecule has 190 valence electrons. The lowest BCUT2D eigenvalue weighted by atomic mass is 9.88. The van der Waals surface area contributed by atoms with Crippen molar-refractivity contribution in [1.82, 2.24) is 0 Å². The van der Waals surface area contributed by atoms with Gasteiger partial charge >= 0.3 is 5.97 Å². The molecule has 0 aromatic carbocycles. The second-order valence-electron chi connectivity index (χ2n) is 12.0. The maximum atomic E-state index is 12.7. The summed E-state index contributed by atoms with van der Waals surface area (Å²) in [5.41, 5.74) is 1.30. The molecule has 0 aliphatic carbocycles. The molecule has 0 N–H and O–H groups in total. The summed E-state index contributed by atoms with van der Waals surface area (Å²) in [6.07, 6.45) is 2.35. The predicted molar refractivity (Wildman–Crippen MR) is 143 cm³/mol. The third-order valence-corrected chi connectivity index (χ3v) is 18.5. The Bertz CT molecular complexity index is 571. The number of rotatable bonds is 13. The van der Waals surface area contributed by atoms with E-state index in [-0.39, 0.29) is 35.1 Å². The first kappa shape index (κ1) is 31.6. The minimum absolute atomic E-state index is 0.0272. The summed E-state index contributed by atoms with van der Waals surface area (Å²) in [5, 5.41) is 0.1000. The molecule has 0 saturated heterocycles. The number of carbonyl (C=O) groups excluding carboxylic acids is 1. The van der Waals surface area contributed by atoms with Gasteiger partial charge in [0.1, 0.15) is 0 Å². The van der Waals surface area contributed by atoms with Crippen LogP contribution >= 0.6 is 0 Å². The molecule has 0 amide bonds.